The van der Waals surface area contributed by atoms with Crippen molar-refractivity contribution >= 4 is 23.4 Å². The molecule has 2 rings (SSSR count). The number of hydrogen-bond donors (Lipinski definition) is 2. The number of rotatable bonds is 3. The minimum absolute atomic E-state index is 0.0763. The molecule has 0 spiro atoms. The van der Waals surface area contributed by atoms with Gasteiger partial charge in [-0.05, 0) is 25.0 Å². The zero-order valence-corrected chi connectivity index (χ0v) is 10.5. The molecular weight excluding hydrogens is 266 g/mol. The van der Waals surface area contributed by atoms with Crippen LogP contribution < -0.4 is 5.32 Å². The Hall–Kier alpha value is -2.64. The predicted molar refractivity (Wildman–Crippen MR) is 69.5 cm³/mol. The topological polar surface area (TPSA) is 113 Å². The number of likely N-dealkylation sites (tertiary alicyclic amines) is 1. The first-order valence-corrected chi connectivity index (χ1v) is 6.04. The van der Waals surface area contributed by atoms with E-state index in [0.717, 1.165) is 0 Å². The van der Waals surface area contributed by atoms with Crippen molar-refractivity contribution in [2.24, 2.45) is 0 Å². The molecule has 2 amide bonds. The summed E-state index contributed by atoms with van der Waals surface area (Å²) in [7, 11) is 0. The lowest BCUT2D eigenvalue weighted by atomic mass is 10.2. The van der Waals surface area contributed by atoms with Crippen LogP contribution in [0.1, 0.15) is 12.8 Å². The number of nitro groups is 1. The molecule has 1 heterocycles. The molecule has 1 atom stereocenters. The van der Waals surface area contributed by atoms with E-state index in [1.165, 1.54) is 29.2 Å². The third-order valence-electron chi connectivity index (χ3n) is 3.13. The summed E-state index contributed by atoms with van der Waals surface area (Å²) in [6.45, 7) is 0.385. The van der Waals surface area contributed by atoms with E-state index < -0.39 is 23.0 Å². The number of nitrogens with one attached hydrogen (secondary N) is 1. The zero-order valence-electron chi connectivity index (χ0n) is 10.5. The molecule has 20 heavy (non-hydrogen) atoms. The van der Waals surface area contributed by atoms with E-state index in [4.69, 9.17) is 5.11 Å². The number of carboxylic acids is 1. The van der Waals surface area contributed by atoms with E-state index in [0.29, 0.717) is 25.1 Å². The fourth-order valence-corrected chi connectivity index (χ4v) is 2.13. The molecule has 0 saturated carbocycles. The van der Waals surface area contributed by atoms with Crippen molar-refractivity contribution in [1.29, 1.82) is 0 Å². The molecule has 0 unspecified atom stereocenters. The van der Waals surface area contributed by atoms with Gasteiger partial charge in [0.05, 0.1) is 4.92 Å². The van der Waals surface area contributed by atoms with E-state index >= 15 is 0 Å². The Labute approximate surface area is 114 Å². The van der Waals surface area contributed by atoms with Crippen molar-refractivity contribution in [2.75, 3.05) is 11.9 Å². The van der Waals surface area contributed by atoms with Gasteiger partial charge in [0.1, 0.15) is 6.04 Å². The summed E-state index contributed by atoms with van der Waals surface area (Å²) in [4.78, 5) is 34.2. The molecule has 1 aromatic carbocycles. The van der Waals surface area contributed by atoms with Gasteiger partial charge in [0.25, 0.3) is 5.69 Å². The van der Waals surface area contributed by atoms with Gasteiger partial charge in [0, 0.05) is 24.4 Å². The molecule has 0 radical (unpaired) electrons. The van der Waals surface area contributed by atoms with Crippen LogP contribution in [0.4, 0.5) is 16.2 Å². The van der Waals surface area contributed by atoms with Crippen LogP contribution in [0.2, 0.25) is 0 Å². The van der Waals surface area contributed by atoms with Crippen LogP contribution in [0, 0.1) is 10.1 Å². The van der Waals surface area contributed by atoms with Crippen LogP contribution in [0.3, 0.4) is 0 Å². The van der Waals surface area contributed by atoms with Gasteiger partial charge in [0.15, 0.2) is 0 Å². The number of aliphatic carboxylic acids is 1. The quantitative estimate of drug-likeness (QED) is 0.645. The van der Waals surface area contributed by atoms with Gasteiger partial charge in [-0.25, -0.2) is 9.59 Å². The predicted octanol–water partition coefficient (Wildman–Crippen LogP) is 1.68. The van der Waals surface area contributed by atoms with Crippen LogP contribution in [0.5, 0.6) is 0 Å². The zero-order chi connectivity index (χ0) is 14.7. The lowest BCUT2D eigenvalue weighted by molar-refractivity contribution is -0.384. The number of urea groups is 1. The Balaban J connectivity index is 2.04. The van der Waals surface area contributed by atoms with Gasteiger partial charge < -0.3 is 15.3 Å². The summed E-state index contributed by atoms with van der Waals surface area (Å²) in [6.07, 6.45) is 1.08. The molecule has 8 heteroatoms. The van der Waals surface area contributed by atoms with Crippen molar-refractivity contribution in [3.8, 4) is 0 Å². The van der Waals surface area contributed by atoms with Crippen LogP contribution in [-0.2, 0) is 4.79 Å². The Morgan fingerprint density at radius 2 is 2.00 bits per heavy atom. The number of anilines is 1. The maximum Gasteiger partial charge on any atom is 0.326 e. The molecule has 2 N–H and O–H groups in total. The highest BCUT2D eigenvalue weighted by Crippen LogP contribution is 2.20. The van der Waals surface area contributed by atoms with Gasteiger partial charge in [-0.3, -0.25) is 10.1 Å². The highest BCUT2D eigenvalue weighted by molar-refractivity contribution is 5.92. The number of carbonyl (C=O) groups is 2. The number of hydrogen-bond acceptors (Lipinski definition) is 4. The first kappa shape index (κ1) is 13.8. The molecule has 8 nitrogen and oxygen atoms in total. The molecule has 1 aromatic rings. The van der Waals surface area contributed by atoms with Crippen molar-refractivity contribution in [3.63, 3.8) is 0 Å². The first-order chi connectivity index (χ1) is 9.49. The molecule has 0 bridgehead atoms. The van der Waals surface area contributed by atoms with E-state index in [1.807, 2.05) is 0 Å². The van der Waals surface area contributed by atoms with E-state index in [-0.39, 0.29) is 5.69 Å². The van der Waals surface area contributed by atoms with Gasteiger partial charge >= 0.3 is 12.0 Å². The summed E-state index contributed by atoms with van der Waals surface area (Å²) in [5.41, 5.74) is 0.309. The second-order valence-electron chi connectivity index (χ2n) is 4.42. The highest BCUT2D eigenvalue weighted by Gasteiger charge is 2.33. The second-order valence-corrected chi connectivity index (χ2v) is 4.42. The van der Waals surface area contributed by atoms with Crippen LogP contribution >= 0.6 is 0 Å². The third kappa shape index (κ3) is 2.85. The Bertz CT molecular complexity index is 543. The minimum atomic E-state index is -1.03. The molecule has 0 aromatic heterocycles. The SMILES string of the molecule is O=C(O)[C@H]1CCCN1C(=O)Nc1ccc([N+](=O)[O-])cc1. The van der Waals surface area contributed by atoms with Crippen LogP contribution in [0.15, 0.2) is 24.3 Å². The van der Waals surface area contributed by atoms with Gasteiger partial charge in [0.2, 0.25) is 0 Å². The number of carbonyl (C=O) groups excluding carboxylic acids is 1. The molecule has 0 aliphatic carbocycles. The number of benzene rings is 1. The van der Waals surface area contributed by atoms with E-state index in [9.17, 15) is 19.7 Å². The average Bonchev–Trinajstić information content (AvgIpc) is 2.88. The monoisotopic (exact) mass is 279 g/mol. The van der Waals surface area contributed by atoms with Crippen molar-refractivity contribution in [2.45, 2.75) is 18.9 Å². The summed E-state index contributed by atoms with van der Waals surface area (Å²) >= 11 is 0. The minimum Gasteiger partial charge on any atom is -0.480 e. The molecule has 1 fully saturated rings. The molecule has 106 valence electrons. The molecule has 1 aliphatic rings. The Morgan fingerprint density at radius 3 is 2.55 bits per heavy atom. The van der Waals surface area contributed by atoms with Crippen molar-refractivity contribution < 1.29 is 19.6 Å². The van der Waals surface area contributed by atoms with Gasteiger partial charge in [-0.1, -0.05) is 0 Å². The number of non-ortho nitro benzene ring substituents is 1. The number of amides is 2. The van der Waals surface area contributed by atoms with Gasteiger partial charge in [-0.15, -0.1) is 0 Å². The van der Waals surface area contributed by atoms with E-state index in [2.05, 4.69) is 5.32 Å². The molecule has 1 aliphatic heterocycles. The van der Waals surface area contributed by atoms with Crippen LogP contribution in [0.25, 0.3) is 0 Å². The smallest absolute Gasteiger partial charge is 0.326 e. The lowest BCUT2D eigenvalue weighted by Gasteiger charge is -2.21. The van der Waals surface area contributed by atoms with Crippen molar-refractivity contribution in [3.05, 3.63) is 34.4 Å². The summed E-state index contributed by atoms with van der Waals surface area (Å²) < 4.78 is 0. The molecule has 1 saturated heterocycles. The number of carboxylic acid groups (broad SMARTS) is 1. The summed E-state index contributed by atoms with van der Waals surface area (Å²) in [6, 6.07) is 4.03. The third-order valence-corrected chi connectivity index (χ3v) is 3.13. The van der Waals surface area contributed by atoms with Crippen molar-refractivity contribution in [1.82, 2.24) is 4.90 Å². The highest BCUT2D eigenvalue weighted by atomic mass is 16.6. The van der Waals surface area contributed by atoms with Gasteiger partial charge in [-0.2, -0.15) is 0 Å². The fraction of sp³-hybridized carbons (Fsp3) is 0.333. The lowest BCUT2D eigenvalue weighted by Crippen LogP contribution is -2.42. The average molecular weight is 279 g/mol. The largest absolute Gasteiger partial charge is 0.480 e. The van der Waals surface area contributed by atoms with E-state index in [1.54, 1.807) is 0 Å². The summed E-state index contributed by atoms with van der Waals surface area (Å²) in [5.74, 6) is -1.03. The Kier molecular flexibility index (Phi) is 3.83. The maximum atomic E-state index is 12.0. The standard InChI is InChI=1S/C12H13N3O5/c16-11(17)10-2-1-7-14(10)12(18)13-8-3-5-9(6-4-8)15(19)20/h3-6,10H,1-2,7H2,(H,13,18)(H,16,17)/t10-/m1/s1. The second kappa shape index (κ2) is 5.55. The fourth-order valence-electron chi connectivity index (χ4n) is 2.13. The molecular formula is C12H13N3O5. The Morgan fingerprint density at radius 1 is 1.35 bits per heavy atom. The first-order valence-electron chi connectivity index (χ1n) is 6.04. The maximum absolute atomic E-state index is 12.0. The summed E-state index contributed by atoms with van der Waals surface area (Å²) in [5, 5.41) is 22.0. The number of nitrogens with zero attached hydrogens (tertiary/aromatic N) is 2. The number of nitro benzene ring substituents is 1. The van der Waals surface area contributed by atoms with Crippen LogP contribution in [-0.4, -0.2) is 39.5 Å². The normalized spacial score (nSPS) is 17.8.